The molecule has 0 aliphatic carbocycles. The predicted octanol–water partition coefficient (Wildman–Crippen LogP) is 11.8. The lowest BCUT2D eigenvalue weighted by Gasteiger charge is -2.20. The second kappa shape index (κ2) is 38.8. The number of aromatic nitrogens is 4. The van der Waals surface area contributed by atoms with E-state index in [0.29, 0.717) is 56.8 Å². The number of hydrogen-bond donors (Lipinski definition) is 1. The van der Waals surface area contributed by atoms with Crippen LogP contribution in [0.25, 0.3) is 65.6 Å². The minimum Gasteiger partial charge on any atom is -0.477 e. The highest BCUT2D eigenvalue weighted by atomic mass is 32.1. The Morgan fingerprint density at radius 3 is 1.18 bits per heavy atom. The van der Waals surface area contributed by atoms with Crippen LogP contribution < -0.4 is 40.8 Å². The van der Waals surface area contributed by atoms with Crippen molar-refractivity contribution < 1.29 is 71.3 Å². The van der Waals surface area contributed by atoms with Gasteiger partial charge in [-0.05, 0) is 142 Å². The molecule has 0 amide bonds. The number of anilines is 5. The number of carbonyl (C=O) groups is 3. The molecule has 5 aliphatic heterocycles. The Morgan fingerprint density at radius 2 is 0.789 bits per heavy atom. The quantitative estimate of drug-likeness (QED) is 0.0337. The van der Waals surface area contributed by atoms with Crippen molar-refractivity contribution in [3.05, 3.63) is 193 Å². The van der Waals surface area contributed by atoms with E-state index in [1.54, 1.807) is 82.8 Å². The molecule has 10 aromatic rings. The molecule has 5 fully saturated rings. The normalized spacial score (nSPS) is 18.1. The fourth-order valence-electron chi connectivity index (χ4n) is 14.7. The highest BCUT2D eigenvalue weighted by Gasteiger charge is 2.30. The van der Waals surface area contributed by atoms with Gasteiger partial charge in [0.2, 0.25) is 0 Å². The zero-order valence-corrected chi connectivity index (χ0v) is 66.9. The Bertz CT molecular complexity index is 5130. The smallest absolute Gasteiger partial charge is 0.345 e. The lowest BCUT2D eigenvalue weighted by atomic mass is 10.1. The molecule has 0 radical (unpaired) electrons. The Balaban J connectivity index is 0.000000153. The van der Waals surface area contributed by atoms with E-state index in [2.05, 4.69) is 42.7 Å². The number of thiazole rings is 2. The number of nitrogens with zero attached hydrogens (tertiary/aromatic N) is 9. The summed E-state index contributed by atoms with van der Waals surface area (Å²) >= 11 is 3.23. The number of methoxy groups -OCH3 is 5. The van der Waals surface area contributed by atoms with Crippen molar-refractivity contribution >= 4 is 88.3 Å². The highest BCUT2D eigenvalue weighted by molar-refractivity contribution is 7.22. The van der Waals surface area contributed by atoms with Gasteiger partial charge < -0.3 is 90.5 Å². The minimum atomic E-state index is -1.25. The molecule has 5 aromatic carbocycles. The standard InChI is InChI=1S/C33H38N4O6S.C31H34N4O6S.C21H25NO6/c1-4-42-32(39)27-21-37(24-9-10-28-31(17-24)44-33(34-28)36-14-11-25(19-36)41-3)29(18-30(27)38)22-5-7-23(8-6-22)35-13-12-26(20-35)43-16-15-40-2;1-39-13-14-41-24-10-11-33(18-24)21-5-3-20(4-6-21)27-16-28(36)25(30(37)38)19-35(27)22-7-8-26-29(15-22)42-31(32-26)34-12-9-23(17-34)40-2;1-3-26-21(24)18-14-28-20(12-19(18)23)15-4-6-16(7-5-15)22-9-8-17(13-22)27-11-10-25-2/h5-10,17-18,21,25-26H,4,11-16,19-20H2,1-3H3;3-8,15-16,19,23-24H,9-14,17-18H2,1-2H3,(H,37,38);4-7,12,14,17H,3,8-11,13H2,1-2H3/t25-,26+;23-,24+;17-/m001/s1. The summed E-state index contributed by atoms with van der Waals surface area (Å²) in [6.45, 7) is 16.0. The summed E-state index contributed by atoms with van der Waals surface area (Å²) < 4.78 is 65.1. The van der Waals surface area contributed by atoms with Crippen LogP contribution in [0.15, 0.2) is 165 Å². The molecule has 5 atom stereocenters. The van der Waals surface area contributed by atoms with E-state index in [-0.39, 0.29) is 65.9 Å². The Hall–Kier alpha value is -10.2. The highest BCUT2D eigenvalue weighted by Crippen LogP contribution is 2.38. The summed E-state index contributed by atoms with van der Waals surface area (Å²) in [6.07, 6.45) is 10.0. The number of fused-ring (bicyclic) bond motifs is 2. The molecule has 5 saturated heterocycles. The van der Waals surface area contributed by atoms with Gasteiger partial charge in [-0.25, -0.2) is 24.4 Å². The molecular weight excluding hydrogens is 1500 g/mol. The molecule has 5 aromatic heterocycles. The Morgan fingerprint density at radius 1 is 0.430 bits per heavy atom. The molecule has 10 heterocycles. The first-order valence-electron chi connectivity index (χ1n) is 38.5. The van der Waals surface area contributed by atoms with Gasteiger partial charge in [-0.3, -0.25) is 14.4 Å². The number of carbonyl (C=O) groups excluding carboxylic acids is 2. The number of carboxylic acids is 1. The fraction of sp³-hybridized carbons (Fsp3) is 0.412. The van der Waals surface area contributed by atoms with Crippen molar-refractivity contribution in [3.63, 3.8) is 0 Å². The van der Waals surface area contributed by atoms with Gasteiger partial charge in [0.15, 0.2) is 26.5 Å². The first-order chi connectivity index (χ1) is 55.5. The monoisotopic (exact) mass is 1600 g/mol. The number of ether oxygens (including phenoxy) is 10. The summed E-state index contributed by atoms with van der Waals surface area (Å²) in [5, 5.41) is 11.6. The summed E-state index contributed by atoms with van der Waals surface area (Å²) in [6, 6.07) is 40.1. The van der Waals surface area contributed by atoms with Crippen molar-refractivity contribution in [2.24, 2.45) is 0 Å². The maximum absolute atomic E-state index is 13.2. The molecular formula is C85H97N9O18S2. The van der Waals surface area contributed by atoms with Crippen LogP contribution in [0.4, 0.5) is 27.3 Å². The second-order valence-corrected chi connectivity index (χ2v) is 30.2. The van der Waals surface area contributed by atoms with E-state index in [1.165, 1.54) is 24.4 Å². The summed E-state index contributed by atoms with van der Waals surface area (Å²) in [5.41, 5.74) is 8.65. The molecule has 29 heteroatoms. The van der Waals surface area contributed by atoms with E-state index in [0.717, 1.165) is 180 Å². The van der Waals surface area contributed by atoms with Gasteiger partial charge in [-0.1, -0.05) is 46.9 Å². The van der Waals surface area contributed by atoms with Crippen LogP contribution in [0.2, 0.25) is 0 Å². The van der Waals surface area contributed by atoms with Gasteiger partial charge in [-0.2, -0.15) is 0 Å². The Labute approximate surface area is 668 Å². The maximum Gasteiger partial charge on any atom is 0.345 e. The van der Waals surface area contributed by atoms with Crippen LogP contribution in [-0.4, -0.2) is 226 Å². The van der Waals surface area contributed by atoms with Gasteiger partial charge in [0.05, 0.1) is 115 Å². The van der Waals surface area contributed by atoms with Crippen molar-refractivity contribution in [3.8, 4) is 45.2 Å². The maximum atomic E-state index is 13.2. The van der Waals surface area contributed by atoms with Crippen LogP contribution in [0.5, 0.6) is 0 Å². The average molecular weight is 1600 g/mol. The molecule has 602 valence electrons. The van der Waals surface area contributed by atoms with Gasteiger partial charge in [-0.15, -0.1) is 0 Å². The van der Waals surface area contributed by atoms with E-state index in [4.69, 9.17) is 61.8 Å². The molecule has 5 aliphatic rings. The molecule has 0 unspecified atom stereocenters. The van der Waals surface area contributed by atoms with Crippen LogP contribution in [0, 0.1) is 0 Å². The number of aromatic carboxylic acids is 1. The number of pyridine rings is 2. The molecule has 1 N–H and O–H groups in total. The summed E-state index contributed by atoms with van der Waals surface area (Å²) in [5.74, 6) is -2.15. The molecule has 0 spiro atoms. The van der Waals surface area contributed by atoms with Gasteiger partial charge in [0, 0.05) is 166 Å². The van der Waals surface area contributed by atoms with Crippen molar-refractivity contribution in [2.45, 2.75) is 76.5 Å². The first kappa shape index (κ1) is 81.8. The third-order valence-corrected chi connectivity index (χ3v) is 23.0. The van der Waals surface area contributed by atoms with E-state index < -0.39 is 28.8 Å². The molecule has 0 bridgehead atoms. The summed E-state index contributed by atoms with van der Waals surface area (Å²) in [4.78, 5) is 95.6. The molecule has 0 saturated carbocycles. The zero-order chi connectivity index (χ0) is 79.8. The average Bonchev–Trinajstić information content (AvgIpc) is 1.11. The van der Waals surface area contributed by atoms with Crippen LogP contribution >= 0.6 is 22.7 Å². The van der Waals surface area contributed by atoms with Crippen molar-refractivity contribution in [1.29, 1.82) is 0 Å². The van der Waals surface area contributed by atoms with Gasteiger partial charge in [0.1, 0.15) is 28.7 Å². The SMILES string of the molecule is CCOC(=O)c1cn(-c2ccc3nc(N4CC[C@H](OC)C4)sc3c2)c(-c2ccc(N3CC[C@@H](OCCOC)C3)cc2)cc1=O.CCOC(=O)c1coc(-c2ccc(N3CC[C@@H](OCCOC)C3)cc2)cc1=O.COCCO[C@@H]1CCN(c2ccc(-c3cc(=O)c(C(=O)O)cn3-c3ccc4nc(N5CC[C@H](OC)C5)sc4c3)cc2)C1. The van der Waals surface area contributed by atoms with Crippen molar-refractivity contribution in [2.75, 3.05) is 178 Å². The lowest BCUT2D eigenvalue weighted by molar-refractivity contribution is 0.0280. The molecule has 15 rings (SSSR count). The Kier molecular flexibility index (Phi) is 27.8. The van der Waals surface area contributed by atoms with E-state index in [9.17, 15) is 33.9 Å². The van der Waals surface area contributed by atoms with E-state index in [1.807, 2.05) is 95.6 Å². The minimum absolute atomic E-state index is 0.00318. The predicted molar refractivity (Wildman–Crippen MR) is 441 cm³/mol. The fourth-order valence-corrected chi connectivity index (χ4v) is 16.7. The number of hydrogen-bond acceptors (Lipinski definition) is 26. The first-order valence-corrected chi connectivity index (χ1v) is 40.1. The van der Waals surface area contributed by atoms with E-state index >= 15 is 0 Å². The number of carboxylic acid groups (broad SMARTS) is 1. The van der Waals surface area contributed by atoms with Crippen LogP contribution in [0.3, 0.4) is 0 Å². The van der Waals surface area contributed by atoms with Gasteiger partial charge in [0.25, 0.3) is 0 Å². The summed E-state index contributed by atoms with van der Waals surface area (Å²) in [7, 11) is 8.50. The van der Waals surface area contributed by atoms with Gasteiger partial charge >= 0.3 is 17.9 Å². The number of rotatable bonds is 29. The third kappa shape index (κ3) is 19.8. The number of benzene rings is 5. The van der Waals surface area contributed by atoms with Crippen LogP contribution in [0.1, 0.15) is 77.0 Å². The second-order valence-electron chi connectivity index (χ2n) is 28.2. The largest absolute Gasteiger partial charge is 0.477 e. The molecule has 114 heavy (non-hydrogen) atoms. The zero-order valence-electron chi connectivity index (χ0n) is 65.2. The number of esters is 2. The van der Waals surface area contributed by atoms with Crippen molar-refractivity contribution in [1.82, 2.24) is 19.1 Å². The van der Waals surface area contributed by atoms with Crippen LogP contribution in [-0.2, 0) is 47.4 Å². The molecule has 27 nitrogen and oxygen atoms in total. The lowest BCUT2D eigenvalue weighted by Crippen LogP contribution is -2.23. The third-order valence-electron chi connectivity index (χ3n) is 20.9. The topological polar surface area (TPSA) is 280 Å².